The van der Waals surface area contributed by atoms with Crippen molar-refractivity contribution in [3.05, 3.63) is 10.6 Å². The summed E-state index contributed by atoms with van der Waals surface area (Å²) in [6.07, 6.45) is 7.77. The molecule has 1 aromatic rings. The lowest BCUT2D eigenvalue weighted by molar-refractivity contribution is 0.0701. The molecule has 0 amide bonds. The smallest absolute Gasteiger partial charge is 0.347 e. The molecule has 1 aliphatic carbocycles. The molecule has 5 heteroatoms. The Bertz CT molecular complexity index is 484. The molecule has 2 unspecified atom stereocenters. The van der Waals surface area contributed by atoms with Gasteiger partial charge in [-0.25, -0.2) is 9.78 Å². The highest BCUT2D eigenvalue weighted by molar-refractivity contribution is 7.17. The highest BCUT2D eigenvalue weighted by atomic mass is 32.1. The normalized spacial score (nSPS) is 27.1. The Morgan fingerprint density at radius 3 is 2.79 bits per heavy atom. The highest BCUT2D eigenvalue weighted by Gasteiger charge is 2.35. The molecule has 1 aliphatic heterocycles. The van der Waals surface area contributed by atoms with Crippen molar-refractivity contribution in [3.8, 4) is 0 Å². The van der Waals surface area contributed by atoms with Gasteiger partial charge >= 0.3 is 5.97 Å². The van der Waals surface area contributed by atoms with Crippen LogP contribution < -0.4 is 4.90 Å². The molecule has 104 valence electrons. The van der Waals surface area contributed by atoms with Crippen LogP contribution in [-0.4, -0.2) is 28.6 Å². The van der Waals surface area contributed by atoms with Gasteiger partial charge in [0.2, 0.25) is 0 Å². The summed E-state index contributed by atoms with van der Waals surface area (Å²) in [7, 11) is 0. The first kappa shape index (κ1) is 12.9. The summed E-state index contributed by atoms with van der Waals surface area (Å²) in [5.74, 6) is -0.0570. The maximum absolute atomic E-state index is 11.2. The van der Waals surface area contributed by atoms with Crippen LogP contribution in [0.5, 0.6) is 0 Å². The van der Waals surface area contributed by atoms with E-state index in [1.807, 2.05) is 0 Å². The van der Waals surface area contributed by atoms with Crippen LogP contribution in [0, 0.1) is 12.8 Å². The van der Waals surface area contributed by atoms with Crippen LogP contribution in [0.1, 0.15) is 53.9 Å². The van der Waals surface area contributed by atoms with Gasteiger partial charge < -0.3 is 10.0 Å². The summed E-state index contributed by atoms with van der Waals surface area (Å²) >= 11 is 1.35. The number of carbonyl (C=O) groups is 1. The number of aromatic nitrogens is 1. The summed E-state index contributed by atoms with van der Waals surface area (Å²) < 4.78 is 0. The molecular weight excluding hydrogens is 260 g/mol. The Balaban J connectivity index is 1.87. The van der Waals surface area contributed by atoms with Crippen molar-refractivity contribution in [2.24, 2.45) is 5.92 Å². The molecule has 0 bridgehead atoms. The second-order valence-corrected chi connectivity index (χ2v) is 6.64. The van der Waals surface area contributed by atoms with Gasteiger partial charge in [-0.1, -0.05) is 24.2 Å². The number of aromatic carboxylic acids is 1. The predicted molar refractivity (Wildman–Crippen MR) is 76.1 cm³/mol. The number of carboxylic acids is 1. The molecule has 1 saturated carbocycles. The first-order chi connectivity index (χ1) is 9.16. The summed E-state index contributed by atoms with van der Waals surface area (Å²) in [4.78, 5) is 18.4. The number of piperidine rings is 1. The molecule has 3 rings (SSSR count). The zero-order valence-electron chi connectivity index (χ0n) is 11.3. The van der Waals surface area contributed by atoms with Gasteiger partial charge in [0.1, 0.15) is 4.88 Å². The maximum Gasteiger partial charge on any atom is 0.347 e. The maximum atomic E-state index is 11.2. The molecule has 2 atom stereocenters. The lowest BCUT2D eigenvalue weighted by Gasteiger charge is -2.44. The fourth-order valence-corrected chi connectivity index (χ4v) is 4.56. The number of rotatable bonds is 2. The molecule has 0 aromatic carbocycles. The average molecular weight is 280 g/mol. The average Bonchev–Trinajstić information content (AvgIpc) is 2.80. The van der Waals surface area contributed by atoms with E-state index in [0.29, 0.717) is 16.6 Å². The molecule has 19 heavy (non-hydrogen) atoms. The van der Waals surface area contributed by atoms with Crippen LogP contribution in [0.15, 0.2) is 0 Å². The van der Waals surface area contributed by atoms with E-state index < -0.39 is 5.97 Å². The van der Waals surface area contributed by atoms with Crippen molar-refractivity contribution in [2.45, 2.75) is 51.5 Å². The lowest BCUT2D eigenvalue weighted by atomic mass is 9.78. The minimum atomic E-state index is -0.849. The Morgan fingerprint density at radius 2 is 2.05 bits per heavy atom. The highest BCUT2D eigenvalue weighted by Crippen LogP contribution is 2.39. The van der Waals surface area contributed by atoms with Crippen molar-refractivity contribution in [1.82, 2.24) is 4.98 Å². The monoisotopic (exact) mass is 280 g/mol. The van der Waals surface area contributed by atoms with Crippen molar-refractivity contribution in [3.63, 3.8) is 0 Å². The van der Waals surface area contributed by atoms with E-state index >= 15 is 0 Å². The number of aryl methyl sites for hydroxylation is 1. The quantitative estimate of drug-likeness (QED) is 0.903. The number of fused-ring (bicyclic) bond motifs is 1. The molecule has 0 radical (unpaired) electrons. The summed E-state index contributed by atoms with van der Waals surface area (Å²) in [5, 5.41) is 10.1. The fraction of sp³-hybridized carbons (Fsp3) is 0.714. The van der Waals surface area contributed by atoms with Crippen molar-refractivity contribution in [1.29, 1.82) is 0 Å². The predicted octanol–water partition coefficient (Wildman–Crippen LogP) is 3.31. The van der Waals surface area contributed by atoms with Crippen molar-refractivity contribution in [2.75, 3.05) is 11.4 Å². The van der Waals surface area contributed by atoms with Gasteiger partial charge in [-0.05, 0) is 38.5 Å². The van der Waals surface area contributed by atoms with Gasteiger partial charge in [0, 0.05) is 12.6 Å². The van der Waals surface area contributed by atoms with Crippen LogP contribution in [0.2, 0.25) is 0 Å². The number of hydrogen-bond acceptors (Lipinski definition) is 4. The molecule has 4 nitrogen and oxygen atoms in total. The topological polar surface area (TPSA) is 53.4 Å². The van der Waals surface area contributed by atoms with E-state index in [1.54, 1.807) is 6.92 Å². The Hall–Kier alpha value is -1.10. The molecule has 1 aromatic heterocycles. The van der Waals surface area contributed by atoms with E-state index in [9.17, 15) is 4.79 Å². The third-order valence-electron chi connectivity index (χ3n) is 4.47. The van der Waals surface area contributed by atoms with Crippen LogP contribution in [-0.2, 0) is 0 Å². The van der Waals surface area contributed by atoms with Crippen LogP contribution in [0.25, 0.3) is 0 Å². The first-order valence-electron chi connectivity index (χ1n) is 7.14. The van der Waals surface area contributed by atoms with E-state index in [-0.39, 0.29) is 0 Å². The second-order valence-electron chi connectivity index (χ2n) is 5.66. The molecule has 1 saturated heterocycles. The second kappa shape index (κ2) is 5.12. The van der Waals surface area contributed by atoms with E-state index in [2.05, 4.69) is 9.88 Å². The molecule has 2 heterocycles. The standard InChI is InChI=1S/C14H20N2O2S/c1-9-12(13(17)18)19-14(15-9)16-8-4-6-10-5-2-3-7-11(10)16/h10-11H,2-8H2,1H3,(H,17,18). The molecule has 0 spiro atoms. The van der Waals surface area contributed by atoms with E-state index in [0.717, 1.165) is 17.6 Å². The number of hydrogen-bond donors (Lipinski definition) is 1. The van der Waals surface area contributed by atoms with Crippen LogP contribution >= 0.6 is 11.3 Å². The minimum Gasteiger partial charge on any atom is -0.477 e. The van der Waals surface area contributed by atoms with Gasteiger partial charge in [0.15, 0.2) is 5.13 Å². The Morgan fingerprint density at radius 1 is 1.32 bits per heavy atom. The van der Waals surface area contributed by atoms with Gasteiger partial charge in [0.25, 0.3) is 0 Å². The van der Waals surface area contributed by atoms with Crippen molar-refractivity contribution < 1.29 is 9.90 Å². The summed E-state index contributed by atoms with van der Waals surface area (Å²) in [5.41, 5.74) is 0.658. The summed E-state index contributed by atoms with van der Waals surface area (Å²) in [6, 6.07) is 0.592. The van der Waals surface area contributed by atoms with E-state index in [1.165, 1.54) is 49.9 Å². The number of carboxylic acid groups (broad SMARTS) is 1. The van der Waals surface area contributed by atoms with Gasteiger partial charge in [-0.2, -0.15) is 0 Å². The summed E-state index contributed by atoms with van der Waals surface area (Å²) in [6.45, 7) is 2.83. The third-order valence-corrected chi connectivity index (χ3v) is 5.65. The number of thiazole rings is 1. The minimum absolute atomic E-state index is 0.396. The van der Waals surface area contributed by atoms with Crippen LogP contribution in [0.4, 0.5) is 5.13 Å². The van der Waals surface area contributed by atoms with Gasteiger partial charge in [-0.15, -0.1) is 0 Å². The van der Waals surface area contributed by atoms with Gasteiger partial charge in [-0.3, -0.25) is 0 Å². The number of nitrogens with zero attached hydrogens (tertiary/aromatic N) is 2. The van der Waals surface area contributed by atoms with Crippen molar-refractivity contribution >= 4 is 22.4 Å². The zero-order valence-corrected chi connectivity index (χ0v) is 12.1. The van der Waals surface area contributed by atoms with Gasteiger partial charge in [0.05, 0.1) is 5.69 Å². The SMILES string of the molecule is Cc1nc(N2CCCC3CCCCC32)sc1C(=O)O. The molecular formula is C14H20N2O2S. The fourth-order valence-electron chi connectivity index (χ4n) is 3.57. The Labute approximate surface area is 117 Å². The Kier molecular flexibility index (Phi) is 3.48. The third kappa shape index (κ3) is 2.36. The first-order valence-corrected chi connectivity index (χ1v) is 7.96. The van der Waals surface area contributed by atoms with Crippen LogP contribution in [0.3, 0.4) is 0 Å². The molecule has 2 aliphatic rings. The van der Waals surface area contributed by atoms with E-state index in [4.69, 9.17) is 5.11 Å². The molecule has 2 fully saturated rings. The lowest BCUT2D eigenvalue weighted by Crippen LogP contribution is -2.46. The zero-order chi connectivity index (χ0) is 13.4. The number of anilines is 1. The molecule has 1 N–H and O–H groups in total. The largest absolute Gasteiger partial charge is 0.477 e.